The van der Waals surface area contributed by atoms with E-state index >= 15 is 0 Å². The lowest BCUT2D eigenvalue weighted by molar-refractivity contribution is -0.139. The molecule has 152 valence electrons. The minimum Gasteiger partial charge on any atom is -0.507 e. The van der Waals surface area contributed by atoms with Crippen molar-refractivity contribution < 1.29 is 24.5 Å². The van der Waals surface area contributed by atoms with Gasteiger partial charge in [0.2, 0.25) is 0 Å². The van der Waals surface area contributed by atoms with E-state index in [1.165, 1.54) is 18.2 Å². The van der Waals surface area contributed by atoms with Crippen molar-refractivity contribution in [1.82, 2.24) is 5.32 Å². The van der Waals surface area contributed by atoms with E-state index in [-0.39, 0.29) is 18.3 Å². The molecule has 0 saturated carbocycles. The largest absolute Gasteiger partial charge is 0.507 e. The molecule has 0 aromatic heterocycles. The molecule has 1 atom stereocenters. The highest BCUT2D eigenvalue weighted by atomic mass is 79.9. The number of amides is 1. The summed E-state index contributed by atoms with van der Waals surface area (Å²) in [5, 5.41) is 21.5. The van der Waals surface area contributed by atoms with E-state index < -0.39 is 18.1 Å². The highest BCUT2D eigenvalue weighted by Crippen LogP contribution is 2.44. The highest BCUT2D eigenvalue weighted by molar-refractivity contribution is 9.10. The number of carbonyl (C=O) groups is 2. The molecule has 0 spiro atoms. The molecule has 0 aliphatic heterocycles. The zero-order valence-corrected chi connectivity index (χ0v) is 17.3. The molecule has 0 saturated heterocycles. The molecule has 3 aromatic carbocycles. The van der Waals surface area contributed by atoms with Crippen LogP contribution in [0.5, 0.6) is 5.75 Å². The molecule has 0 radical (unpaired) electrons. The maximum Gasteiger partial charge on any atom is 0.408 e. The minimum atomic E-state index is -1.31. The standard InChI is InChI=1S/C23H18BrNO5/c24-19-11-13(9-10-20(19)26)21(22(27)28)25-23(29)30-12-18-16-7-3-1-5-14(16)15-6-2-4-8-17(15)18/h1-11,18,21,26H,12H2,(H,25,29)(H,27,28). The van der Waals surface area contributed by atoms with E-state index in [0.717, 1.165) is 22.3 Å². The first-order valence-electron chi connectivity index (χ1n) is 9.28. The third-order valence-corrected chi connectivity index (χ3v) is 5.79. The van der Waals surface area contributed by atoms with E-state index in [9.17, 15) is 19.8 Å². The molecule has 1 aliphatic rings. The number of hydrogen-bond acceptors (Lipinski definition) is 4. The summed E-state index contributed by atoms with van der Waals surface area (Å²) in [5.41, 5.74) is 4.67. The monoisotopic (exact) mass is 467 g/mol. The molecule has 1 aliphatic carbocycles. The zero-order valence-electron chi connectivity index (χ0n) is 15.7. The molecule has 0 fully saturated rings. The Morgan fingerprint density at radius 3 is 2.17 bits per heavy atom. The smallest absolute Gasteiger partial charge is 0.408 e. The molecule has 3 aromatic rings. The van der Waals surface area contributed by atoms with Crippen molar-refractivity contribution in [1.29, 1.82) is 0 Å². The summed E-state index contributed by atoms with van der Waals surface area (Å²) in [6, 6.07) is 18.9. The molecule has 7 heteroatoms. The van der Waals surface area contributed by atoms with Crippen molar-refractivity contribution >= 4 is 28.0 Å². The summed E-state index contributed by atoms with van der Waals surface area (Å²) in [4.78, 5) is 24.1. The van der Waals surface area contributed by atoms with Gasteiger partial charge in [0.05, 0.1) is 4.47 Å². The van der Waals surface area contributed by atoms with Crippen molar-refractivity contribution in [2.75, 3.05) is 6.61 Å². The molecule has 6 nitrogen and oxygen atoms in total. The number of fused-ring (bicyclic) bond motifs is 3. The highest BCUT2D eigenvalue weighted by Gasteiger charge is 2.30. The van der Waals surface area contributed by atoms with Crippen LogP contribution in [0.25, 0.3) is 11.1 Å². The number of phenolic OH excluding ortho intramolecular Hbond substituents is 1. The maximum atomic E-state index is 12.4. The summed E-state index contributed by atoms with van der Waals surface area (Å²) < 4.78 is 5.76. The summed E-state index contributed by atoms with van der Waals surface area (Å²) >= 11 is 3.15. The SMILES string of the molecule is O=C(NC(C(=O)O)c1ccc(O)c(Br)c1)OCC1c2ccccc2-c2ccccc21. The topological polar surface area (TPSA) is 95.9 Å². The van der Waals surface area contributed by atoms with E-state index in [0.29, 0.717) is 10.0 Å². The molecule has 3 N–H and O–H groups in total. The van der Waals surface area contributed by atoms with Gasteiger partial charge in [-0.1, -0.05) is 54.6 Å². The number of aromatic hydroxyl groups is 1. The average molecular weight is 468 g/mol. The van der Waals surface area contributed by atoms with Gasteiger partial charge in [0.1, 0.15) is 12.4 Å². The van der Waals surface area contributed by atoms with E-state index in [4.69, 9.17) is 4.74 Å². The lowest BCUT2D eigenvalue weighted by Gasteiger charge is -2.18. The van der Waals surface area contributed by atoms with E-state index in [1.807, 2.05) is 48.5 Å². The quantitative estimate of drug-likeness (QED) is 0.499. The number of carbonyl (C=O) groups excluding carboxylic acids is 1. The number of nitrogens with one attached hydrogen (secondary N) is 1. The summed E-state index contributed by atoms with van der Waals surface area (Å²) in [6.45, 7) is 0.0888. The molecular weight excluding hydrogens is 450 g/mol. The van der Waals surface area contributed by atoms with E-state index in [2.05, 4.69) is 21.2 Å². The van der Waals surface area contributed by atoms with Gasteiger partial charge in [-0.2, -0.15) is 0 Å². The van der Waals surface area contributed by atoms with Gasteiger partial charge in [-0.05, 0) is 55.9 Å². The number of aliphatic carboxylic acids is 1. The van der Waals surface area contributed by atoms with Crippen LogP contribution < -0.4 is 5.32 Å². The third-order valence-electron chi connectivity index (χ3n) is 5.16. The number of carboxylic acid groups (broad SMARTS) is 1. The van der Waals surface area contributed by atoms with Crippen LogP contribution in [0.2, 0.25) is 0 Å². The Morgan fingerprint density at radius 2 is 1.60 bits per heavy atom. The van der Waals surface area contributed by atoms with Crippen molar-refractivity contribution in [2.24, 2.45) is 0 Å². The molecule has 0 bridgehead atoms. The van der Waals surface area contributed by atoms with Gasteiger partial charge in [-0.25, -0.2) is 9.59 Å². The number of benzene rings is 3. The first-order chi connectivity index (χ1) is 14.5. The van der Waals surface area contributed by atoms with Crippen molar-refractivity contribution in [3.63, 3.8) is 0 Å². The fourth-order valence-corrected chi connectivity index (χ4v) is 4.14. The maximum absolute atomic E-state index is 12.4. The van der Waals surface area contributed by atoms with Crippen LogP contribution in [-0.2, 0) is 9.53 Å². The Balaban J connectivity index is 1.49. The Kier molecular flexibility index (Phi) is 5.46. The minimum absolute atomic E-state index is 0.0240. The zero-order chi connectivity index (χ0) is 21.3. The van der Waals surface area contributed by atoms with Crippen LogP contribution in [0, 0.1) is 0 Å². The van der Waals surface area contributed by atoms with Gasteiger partial charge in [-0.3, -0.25) is 0 Å². The van der Waals surface area contributed by atoms with Crippen molar-refractivity contribution in [2.45, 2.75) is 12.0 Å². The predicted octanol–water partition coefficient (Wildman–Crippen LogP) is 4.82. The number of halogens is 1. The molecular formula is C23H18BrNO5. The lowest BCUT2D eigenvalue weighted by Crippen LogP contribution is -2.34. The van der Waals surface area contributed by atoms with Crippen LogP contribution in [0.1, 0.15) is 28.7 Å². The first kappa shape index (κ1) is 20.0. The Bertz CT molecular complexity index is 1080. The predicted molar refractivity (Wildman–Crippen MR) is 114 cm³/mol. The second kappa shape index (κ2) is 8.20. The molecule has 0 heterocycles. The lowest BCUT2D eigenvalue weighted by atomic mass is 9.98. The number of carboxylic acids is 1. The summed E-state index contributed by atoms with van der Waals surface area (Å²) in [7, 11) is 0. The molecule has 1 amide bonds. The van der Waals surface area contributed by atoms with Gasteiger partial charge < -0.3 is 20.3 Å². The average Bonchev–Trinajstić information content (AvgIpc) is 3.06. The normalized spacial score (nSPS) is 13.2. The number of ether oxygens (including phenoxy) is 1. The Labute approximate surface area is 181 Å². The summed E-state index contributed by atoms with van der Waals surface area (Å²) in [6.07, 6.45) is -0.826. The number of alkyl carbamates (subject to hydrolysis) is 1. The number of rotatable bonds is 5. The fourth-order valence-electron chi connectivity index (χ4n) is 3.75. The van der Waals surface area contributed by atoms with Gasteiger partial charge in [0, 0.05) is 5.92 Å². The van der Waals surface area contributed by atoms with Gasteiger partial charge in [-0.15, -0.1) is 0 Å². The van der Waals surface area contributed by atoms with Crippen LogP contribution in [0.15, 0.2) is 71.2 Å². The molecule has 1 unspecified atom stereocenters. The molecule has 30 heavy (non-hydrogen) atoms. The number of phenols is 1. The van der Waals surface area contributed by atoms with Crippen molar-refractivity contribution in [3.05, 3.63) is 87.9 Å². The van der Waals surface area contributed by atoms with Gasteiger partial charge >= 0.3 is 12.1 Å². The fraction of sp³-hybridized carbons (Fsp3) is 0.130. The second-order valence-electron chi connectivity index (χ2n) is 6.95. The van der Waals surface area contributed by atoms with Crippen LogP contribution in [-0.4, -0.2) is 28.9 Å². The van der Waals surface area contributed by atoms with Crippen LogP contribution in [0.3, 0.4) is 0 Å². The van der Waals surface area contributed by atoms with Gasteiger partial charge in [0.25, 0.3) is 0 Å². The first-order valence-corrected chi connectivity index (χ1v) is 10.1. The Morgan fingerprint density at radius 1 is 1.00 bits per heavy atom. The third kappa shape index (κ3) is 3.76. The van der Waals surface area contributed by atoms with Gasteiger partial charge in [0.15, 0.2) is 6.04 Å². The summed E-state index contributed by atoms with van der Waals surface area (Å²) in [5.74, 6) is -1.38. The second-order valence-corrected chi connectivity index (χ2v) is 7.81. The van der Waals surface area contributed by atoms with Crippen molar-refractivity contribution in [3.8, 4) is 16.9 Å². The van der Waals surface area contributed by atoms with Crippen LogP contribution >= 0.6 is 15.9 Å². The van der Waals surface area contributed by atoms with Crippen LogP contribution in [0.4, 0.5) is 4.79 Å². The Hall–Kier alpha value is -3.32. The van der Waals surface area contributed by atoms with E-state index in [1.54, 1.807) is 0 Å². The molecule has 4 rings (SSSR count). The number of hydrogen-bond donors (Lipinski definition) is 3.